The topological polar surface area (TPSA) is 34.1 Å². The summed E-state index contributed by atoms with van der Waals surface area (Å²) in [6, 6.07) is 13.9. The minimum absolute atomic E-state index is 0.845. The van der Waals surface area contributed by atoms with E-state index in [0.717, 1.165) is 24.5 Å². The lowest BCUT2D eigenvalue weighted by Gasteiger charge is -2.09. The average molecular weight is 228 g/mol. The fourth-order valence-corrected chi connectivity index (χ4v) is 1.70. The zero-order valence-corrected chi connectivity index (χ0v) is 9.89. The van der Waals surface area contributed by atoms with Crippen LogP contribution in [0.4, 0.5) is 5.82 Å². The predicted octanol–water partition coefficient (Wildman–Crippen LogP) is 2.74. The molecular weight excluding hydrogens is 212 g/mol. The third-order valence-electron chi connectivity index (χ3n) is 2.56. The molecule has 0 bridgehead atoms. The van der Waals surface area contributed by atoms with Gasteiger partial charge in [0.15, 0.2) is 0 Å². The number of nitrogens with one attached hydrogen (secondary N) is 1. The van der Waals surface area contributed by atoms with Crippen molar-refractivity contribution in [3.63, 3.8) is 0 Å². The van der Waals surface area contributed by atoms with Crippen LogP contribution in [-0.2, 0) is 6.42 Å². The highest BCUT2D eigenvalue weighted by Crippen LogP contribution is 2.17. The molecule has 0 atom stereocenters. The van der Waals surface area contributed by atoms with Crippen molar-refractivity contribution in [3.8, 4) is 5.75 Å². The summed E-state index contributed by atoms with van der Waals surface area (Å²) in [6.07, 6.45) is 2.70. The second kappa shape index (κ2) is 5.89. The molecule has 0 aliphatic rings. The fourth-order valence-electron chi connectivity index (χ4n) is 1.70. The van der Waals surface area contributed by atoms with Gasteiger partial charge in [0.25, 0.3) is 0 Å². The maximum absolute atomic E-state index is 5.30. The Hall–Kier alpha value is -2.03. The van der Waals surface area contributed by atoms with Crippen molar-refractivity contribution >= 4 is 5.82 Å². The molecule has 1 N–H and O–H groups in total. The monoisotopic (exact) mass is 228 g/mol. The van der Waals surface area contributed by atoms with Crippen molar-refractivity contribution < 1.29 is 4.74 Å². The number of para-hydroxylation sites is 1. The maximum Gasteiger partial charge on any atom is 0.125 e. The predicted molar refractivity (Wildman–Crippen MR) is 69.4 cm³/mol. The van der Waals surface area contributed by atoms with E-state index in [0.29, 0.717) is 0 Å². The molecule has 1 aromatic heterocycles. The van der Waals surface area contributed by atoms with E-state index in [1.54, 1.807) is 13.3 Å². The maximum atomic E-state index is 5.30. The molecule has 0 amide bonds. The zero-order valence-electron chi connectivity index (χ0n) is 9.89. The summed E-state index contributed by atoms with van der Waals surface area (Å²) in [5.41, 5.74) is 1.21. The molecule has 0 fully saturated rings. The summed E-state index contributed by atoms with van der Waals surface area (Å²) in [5, 5.41) is 3.28. The van der Waals surface area contributed by atoms with Gasteiger partial charge in [0.05, 0.1) is 7.11 Å². The molecule has 0 radical (unpaired) electrons. The summed E-state index contributed by atoms with van der Waals surface area (Å²) >= 11 is 0. The van der Waals surface area contributed by atoms with Crippen molar-refractivity contribution in [2.24, 2.45) is 0 Å². The Morgan fingerprint density at radius 3 is 2.71 bits per heavy atom. The minimum Gasteiger partial charge on any atom is -0.496 e. The Kier molecular flexibility index (Phi) is 3.97. The summed E-state index contributed by atoms with van der Waals surface area (Å²) in [7, 11) is 1.70. The average Bonchev–Trinajstić information content (AvgIpc) is 2.40. The van der Waals surface area contributed by atoms with Crippen LogP contribution in [-0.4, -0.2) is 18.6 Å². The SMILES string of the molecule is COc1ccccc1CCNc1ccccn1. The molecule has 17 heavy (non-hydrogen) atoms. The molecule has 0 saturated carbocycles. The van der Waals surface area contributed by atoms with Crippen molar-refractivity contribution in [3.05, 3.63) is 54.2 Å². The van der Waals surface area contributed by atoms with Crippen LogP contribution in [0.1, 0.15) is 5.56 Å². The minimum atomic E-state index is 0.845. The first-order valence-corrected chi connectivity index (χ1v) is 5.67. The Morgan fingerprint density at radius 1 is 1.12 bits per heavy atom. The third-order valence-corrected chi connectivity index (χ3v) is 2.56. The molecule has 2 aromatic rings. The summed E-state index contributed by atoms with van der Waals surface area (Å²) in [6.45, 7) is 0.845. The van der Waals surface area contributed by atoms with E-state index in [1.807, 2.05) is 36.4 Å². The standard InChI is InChI=1S/C14H16N2O/c1-17-13-7-3-2-6-12(13)9-11-16-14-8-4-5-10-15-14/h2-8,10H,9,11H2,1H3,(H,15,16). The van der Waals surface area contributed by atoms with E-state index in [1.165, 1.54) is 5.56 Å². The summed E-state index contributed by atoms with van der Waals surface area (Å²) < 4.78 is 5.30. The molecule has 2 rings (SSSR count). The fraction of sp³-hybridized carbons (Fsp3) is 0.214. The number of ether oxygens (including phenoxy) is 1. The van der Waals surface area contributed by atoms with Gasteiger partial charge in [-0.1, -0.05) is 24.3 Å². The van der Waals surface area contributed by atoms with Gasteiger partial charge < -0.3 is 10.1 Å². The second-order valence-electron chi connectivity index (χ2n) is 3.70. The molecule has 1 aromatic carbocycles. The van der Waals surface area contributed by atoms with Crippen LogP contribution >= 0.6 is 0 Å². The molecule has 3 heteroatoms. The quantitative estimate of drug-likeness (QED) is 0.854. The Bertz CT molecular complexity index is 457. The van der Waals surface area contributed by atoms with Gasteiger partial charge in [-0.15, -0.1) is 0 Å². The molecule has 88 valence electrons. The molecule has 1 heterocycles. The number of benzene rings is 1. The van der Waals surface area contributed by atoms with Gasteiger partial charge in [0.2, 0.25) is 0 Å². The van der Waals surface area contributed by atoms with Crippen LogP contribution in [0, 0.1) is 0 Å². The normalized spacial score (nSPS) is 9.94. The number of aromatic nitrogens is 1. The van der Waals surface area contributed by atoms with Gasteiger partial charge in [0, 0.05) is 12.7 Å². The lowest BCUT2D eigenvalue weighted by atomic mass is 10.1. The van der Waals surface area contributed by atoms with E-state index < -0.39 is 0 Å². The number of rotatable bonds is 5. The smallest absolute Gasteiger partial charge is 0.125 e. The van der Waals surface area contributed by atoms with E-state index in [-0.39, 0.29) is 0 Å². The number of methoxy groups -OCH3 is 1. The molecule has 0 spiro atoms. The first kappa shape index (κ1) is 11.5. The van der Waals surface area contributed by atoms with Crippen LogP contribution in [0.25, 0.3) is 0 Å². The van der Waals surface area contributed by atoms with Crippen LogP contribution in [0.3, 0.4) is 0 Å². The van der Waals surface area contributed by atoms with Crippen LogP contribution in [0.2, 0.25) is 0 Å². The van der Waals surface area contributed by atoms with Gasteiger partial charge in [-0.3, -0.25) is 0 Å². The molecular formula is C14H16N2O. The van der Waals surface area contributed by atoms with E-state index in [2.05, 4.69) is 16.4 Å². The summed E-state index contributed by atoms with van der Waals surface area (Å²) in [5.74, 6) is 1.85. The zero-order chi connectivity index (χ0) is 11.9. The van der Waals surface area contributed by atoms with Crippen LogP contribution < -0.4 is 10.1 Å². The number of nitrogens with zero attached hydrogens (tertiary/aromatic N) is 1. The van der Waals surface area contributed by atoms with Gasteiger partial charge in [-0.25, -0.2) is 4.98 Å². The molecule has 0 unspecified atom stereocenters. The van der Waals surface area contributed by atoms with E-state index in [4.69, 9.17) is 4.74 Å². The number of anilines is 1. The molecule has 0 aliphatic heterocycles. The number of hydrogen-bond acceptors (Lipinski definition) is 3. The van der Waals surface area contributed by atoms with E-state index in [9.17, 15) is 0 Å². The Morgan fingerprint density at radius 2 is 1.94 bits per heavy atom. The third kappa shape index (κ3) is 3.21. The van der Waals surface area contributed by atoms with Crippen LogP contribution in [0.15, 0.2) is 48.7 Å². The van der Waals surface area contributed by atoms with Crippen molar-refractivity contribution in [2.45, 2.75) is 6.42 Å². The lowest BCUT2D eigenvalue weighted by molar-refractivity contribution is 0.410. The second-order valence-corrected chi connectivity index (χ2v) is 3.70. The highest BCUT2D eigenvalue weighted by molar-refractivity contribution is 5.36. The van der Waals surface area contributed by atoms with Gasteiger partial charge in [-0.2, -0.15) is 0 Å². The van der Waals surface area contributed by atoms with Gasteiger partial charge >= 0.3 is 0 Å². The van der Waals surface area contributed by atoms with Gasteiger partial charge in [-0.05, 0) is 30.2 Å². The number of pyridine rings is 1. The molecule has 0 saturated heterocycles. The van der Waals surface area contributed by atoms with Crippen molar-refractivity contribution in [1.82, 2.24) is 4.98 Å². The van der Waals surface area contributed by atoms with Crippen LogP contribution in [0.5, 0.6) is 5.75 Å². The van der Waals surface area contributed by atoms with E-state index >= 15 is 0 Å². The molecule has 0 aliphatic carbocycles. The first-order valence-electron chi connectivity index (χ1n) is 5.67. The molecule has 3 nitrogen and oxygen atoms in total. The summed E-state index contributed by atoms with van der Waals surface area (Å²) in [4.78, 5) is 4.21. The Labute approximate surface area is 101 Å². The lowest BCUT2D eigenvalue weighted by Crippen LogP contribution is -2.06. The highest BCUT2D eigenvalue weighted by Gasteiger charge is 2.00. The first-order chi connectivity index (χ1) is 8.40. The number of hydrogen-bond donors (Lipinski definition) is 1. The highest BCUT2D eigenvalue weighted by atomic mass is 16.5. The van der Waals surface area contributed by atoms with Crippen molar-refractivity contribution in [2.75, 3.05) is 19.0 Å². The largest absolute Gasteiger partial charge is 0.496 e. The Balaban J connectivity index is 1.90. The van der Waals surface area contributed by atoms with Gasteiger partial charge in [0.1, 0.15) is 11.6 Å². The van der Waals surface area contributed by atoms with Crippen molar-refractivity contribution in [1.29, 1.82) is 0 Å².